The van der Waals surface area contributed by atoms with E-state index in [-0.39, 0.29) is 12.6 Å². The van der Waals surface area contributed by atoms with E-state index in [4.69, 9.17) is 4.89 Å². The molecular weight excluding hydrogens is 211 g/mol. The van der Waals surface area contributed by atoms with Gasteiger partial charge in [-0.2, -0.15) is 0 Å². The Morgan fingerprint density at radius 3 is 2.29 bits per heavy atom. The van der Waals surface area contributed by atoms with E-state index in [1.54, 1.807) is 0 Å². The molecule has 2 atom stereocenters. The van der Waals surface area contributed by atoms with Crippen molar-refractivity contribution in [3.63, 3.8) is 0 Å². The second-order valence-corrected chi connectivity index (χ2v) is 3.79. The first kappa shape index (κ1) is 13.1. The van der Waals surface area contributed by atoms with Gasteiger partial charge in [-0.25, -0.2) is 0 Å². The summed E-state index contributed by atoms with van der Waals surface area (Å²) >= 11 is 0. The van der Waals surface area contributed by atoms with Crippen molar-refractivity contribution in [3.05, 3.63) is 0 Å². The van der Waals surface area contributed by atoms with Gasteiger partial charge in [-0.1, -0.05) is 0 Å². The van der Waals surface area contributed by atoms with Crippen LogP contribution in [0.5, 0.6) is 0 Å². The lowest BCUT2D eigenvalue weighted by atomic mass is 10.1. The van der Waals surface area contributed by atoms with Crippen LogP contribution < -0.4 is 0 Å². The van der Waals surface area contributed by atoms with Gasteiger partial charge in [0.2, 0.25) is 0 Å². The maximum atomic E-state index is 11.0. The quantitative estimate of drug-likeness (QED) is 0.514. The summed E-state index contributed by atoms with van der Waals surface area (Å²) in [6, 6.07) is 0. The van der Waals surface area contributed by atoms with Gasteiger partial charge in [0, 0.05) is 6.16 Å². The molecule has 0 spiro atoms. The Kier molecular flexibility index (Phi) is 6.16. The van der Waals surface area contributed by atoms with Crippen LogP contribution in [0.3, 0.4) is 0 Å². The molecule has 0 saturated heterocycles. The Labute approximate surface area is 82.1 Å². The Balaban J connectivity index is 4.31. The maximum absolute atomic E-state index is 11.0. The van der Waals surface area contributed by atoms with Gasteiger partial charge in [0.1, 0.15) is 0 Å². The predicted octanol–water partition coefficient (Wildman–Crippen LogP) is -0.194. The topological polar surface area (TPSA) is 89.9 Å². The van der Waals surface area contributed by atoms with Crippen LogP contribution in [0.25, 0.3) is 0 Å². The molecule has 7 heteroatoms. The summed E-state index contributed by atoms with van der Waals surface area (Å²) in [6.07, 6.45) is -0.493. The zero-order valence-corrected chi connectivity index (χ0v) is 8.98. The highest BCUT2D eigenvalue weighted by Gasteiger charge is 2.24. The van der Waals surface area contributed by atoms with Crippen molar-refractivity contribution in [1.82, 2.24) is 0 Å². The first-order chi connectivity index (χ1) is 6.51. The Morgan fingerprint density at radius 1 is 1.36 bits per heavy atom. The molecule has 1 N–H and O–H groups in total. The van der Waals surface area contributed by atoms with Crippen LogP contribution in [-0.2, 0) is 23.6 Å². The van der Waals surface area contributed by atoms with E-state index in [9.17, 15) is 14.2 Å². The van der Waals surface area contributed by atoms with Crippen LogP contribution in [-0.4, -0.2) is 37.2 Å². The summed E-state index contributed by atoms with van der Waals surface area (Å²) in [5, 5.41) is 0. The minimum atomic E-state index is -2.80. The number of hydrogen-bond donors (Lipinski definition) is 1. The summed E-state index contributed by atoms with van der Waals surface area (Å²) in [7, 11) is -0.466. The smallest absolute Gasteiger partial charge is 0.309 e. The van der Waals surface area contributed by atoms with Crippen molar-refractivity contribution in [2.24, 2.45) is 5.92 Å². The molecule has 0 amide bonds. The molecule has 0 aromatic heterocycles. The molecule has 0 bridgehead atoms. The molecule has 0 fully saturated rings. The van der Waals surface area contributed by atoms with E-state index in [1.807, 2.05) is 0 Å². The second-order valence-electron chi connectivity index (χ2n) is 2.60. The molecule has 0 rings (SSSR count). The number of hydrogen-bond acceptors (Lipinski definition) is 5. The molecule has 0 heterocycles. The highest BCUT2D eigenvalue weighted by molar-refractivity contribution is 7.38. The van der Waals surface area contributed by atoms with E-state index in [0.29, 0.717) is 0 Å². The second kappa shape index (κ2) is 6.56. The number of carbonyl (C=O) groups is 2. The zero-order valence-electron chi connectivity index (χ0n) is 7.98. The Hall–Kier alpha value is -0.870. The van der Waals surface area contributed by atoms with Gasteiger partial charge in [-0.3, -0.25) is 14.2 Å². The number of rotatable bonds is 5. The van der Waals surface area contributed by atoms with Crippen molar-refractivity contribution in [2.45, 2.75) is 6.42 Å². The fraction of sp³-hybridized carbons (Fsp3) is 0.714. The van der Waals surface area contributed by atoms with Gasteiger partial charge in [0.15, 0.2) is 8.03 Å². The molecule has 0 aliphatic heterocycles. The first-order valence-electron chi connectivity index (χ1n) is 3.87. The summed E-state index contributed by atoms with van der Waals surface area (Å²) in [4.78, 5) is 30.5. The molecular formula is C7H13O6P. The van der Waals surface area contributed by atoms with E-state index in [2.05, 4.69) is 9.47 Å². The summed E-state index contributed by atoms with van der Waals surface area (Å²) in [5.74, 6) is -2.18. The molecule has 2 unspecified atom stereocenters. The molecule has 0 aromatic carbocycles. The van der Waals surface area contributed by atoms with Crippen LogP contribution in [0.4, 0.5) is 0 Å². The summed E-state index contributed by atoms with van der Waals surface area (Å²) in [6.45, 7) is 0. The average molecular weight is 224 g/mol. The van der Waals surface area contributed by atoms with Crippen molar-refractivity contribution in [1.29, 1.82) is 0 Å². The fourth-order valence-corrected chi connectivity index (χ4v) is 1.63. The lowest BCUT2D eigenvalue weighted by Gasteiger charge is -2.10. The van der Waals surface area contributed by atoms with Crippen molar-refractivity contribution >= 4 is 20.0 Å². The molecule has 0 aliphatic carbocycles. The van der Waals surface area contributed by atoms with Gasteiger partial charge in [-0.05, 0) is 0 Å². The van der Waals surface area contributed by atoms with Crippen LogP contribution >= 0.6 is 8.03 Å². The highest BCUT2D eigenvalue weighted by atomic mass is 31.1. The molecule has 0 aliphatic rings. The SMILES string of the molecule is COC(=O)CC(C[PH](=O)O)C(=O)OC. The van der Waals surface area contributed by atoms with Crippen LogP contribution in [0.15, 0.2) is 0 Å². The minimum absolute atomic E-state index is 0.236. The van der Waals surface area contributed by atoms with E-state index in [0.717, 1.165) is 7.11 Å². The molecule has 0 aromatic rings. The number of esters is 2. The lowest BCUT2D eigenvalue weighted by Crippen LogP contribution is -2.22. The number of methoxy groups -OCH3 is 2. The van der Waals surface area contributed by atoms with Crippen LogP contribution in [0.2, 0.25) is 0 Å². The molecule has 6 nitrogen and oxygen atoms in total. The minimum Gasteiger partial charge on any atom is -0.469 e. The predicted molar refractivity (Wildman–Crippen MR) is 48.2 cm³/mol. The third kappa shape index (κ3) is 4.99. The molecule has 0 saturated carbocycles. The molecule has 14 heavy (non-hydrogen) atoms. The molecule has 0 radical (unpaired) electrons. The summed E-state index contributed by atoms with van der Waals surface area (Å²) < 4.78 is 19.2. The lowest BCUT2D eigenvalue weighted by molar-refractivity contribution is -0.151. The molecule has 82 valence electrons. The van der Waals surface area contributed by atoms with Gasteiger partial charge in [0.05, 0.1) is 26.6 Å². The monoisotopic (exact) mass is 224 g/mol. The largest absolute Gasteiger partial charge is 0.469 e. The van der Waals surface area contributed by atoms with E-state index in [1.165, 1.54) is 7.11 Å². The van der Waals surface area contributed by atoms with Crippen molar-refractivity contribution in [2.75, 3.05) is 20.4 Å². The van der Waals surface area contributed by atoms with Gasteiger partial charge >= 0.3 is 11.9 Å². The fourth-order valence-electron chi connectivity index (χ4n) is 0.901. The third-order valence-corrected chi connectivity index (χ3v) is 2.44. The maximum Gasteiger partial charge on any atom is 0.309 e. The highest BCUT2D eigenvalue weighted by Crippen LogP contribution is 2.21. The van der Waals surface area contributed by atoms with Crippen molar-refractivity contribution in [3.8, 4) is 0 Å². The average Bonchev–Trinajstić information content (AvgIpc) is 2.14. The summed E-state index contributed by atoms with van der Waals surface area (Å²) in [5.41, 5.74) is 0. The van der Waals surface area contributed by atoms with Gasteiger partial charge in [0.25, 0.3) is 0 Å². The van der Waals surface area contributed by atoms with Gasteiger partial charge < -0.3 is 14.4 Å². The first-order valence-corrected chi connectivity index (χ1v) is 5.44. The van der Waals surface area contributed by atoms with Crippen molar-refractivity contribution < 1.29 is 28.5 Å². The zero-order chi connectivity index (χ0) is 11.1. The standard InChI is InChI=1S/C7H13O6P/c1-12-6(8)3-5(4-14(10)11)7(9)13-2/h5,14H,3-4H2,1-2H3,(H,10,11). The van der Waals surface area contributed by atoms with Gasteiger partial charge in [-0.15, -0.1) is 0 Å². The Bertz CT molecular complexity index is 238. The van der Waals surface area contributed by atoms with Crippen LogP contribution in [0, 0.1) is 5.92 Å². The number of ether oxygens (including phenoxy) is 2. The normalized spacial score (nSPS) is 14.2. The van der Waals surface area contributed by atoms with E-state index < -0.39 is 25.9 Å². The number of carbonyl (C=O) groups excluding carboxylic acids is 2. The van der Waals surface area contributed by atoms with E-state index >= 15 is 0 Å². The van der Waals surface area contributed by atoms with Crippen LogP contribution in [0.1, 0.15) is 6.42 Å². The third-order valence-electron chi connectivity index (χ3n) is 1.60. The Morgan fingerprint density at radius 2 is 1.93 bits per heavy atom.